The van der Waals surface area contributed by atoms with Crippen LogP contribution in [0.2, 0.25) is 0 Å². The van der Waals surface area contributed by atoms with Gasteiger partial charge in [0.15, 0.2) is 5.96 Å². The van der Waals surface area contributed by atoms with Gasteiger partial charge in [-0.05, 0) is 31.2 Å². The molecule has 0 radical (unpaired) electrons. The monoisotopic (exact) mass is 357 g/mol. The molecule has 7 heteroatoms. The maximum absolute atomic E-state index is 12.1. The van der Waals surface area contributed by atoms with Crippen LogP contribution >= 0.6 is 0 Å². The number of nitrogens with one attached hydrogen (secondary N) is 2. The summed E-state index contributed by atoms with van der Waals surface area (Å²) in [6.07, 6.45) is 2.02. The Kier molecular flexibility index (Phi) is 7.08. The van der Waals surface area contributed by atoms with Crippen molar-refractivity contribution in [3.05, 3.63) is 53.9 Å². The molecule has 0 spiro atoms. The first-order valence-corrected chi connectivity index (χ1v) is 8.68. The molecule has 0 fully saturated rings. The fourth-order valence-electron chi connectivity index (χ4n) is 2.54. The summed E-state index contributed by atoms with van der Waals surface area (Å²) in [5.74, 6) is 0.454. The number of hydrogen-bond donors (Lipinski definition) is 3. The molecular weight excluding hydrogens is 330 g/mol. The Morgan fingerprint density at radius 3 is 2.65 bits per heavy atom. The molecule has 0 saturated heterocycles. The smallest absolute Gasteiger partial charge is 0.255 e. The molecule has 0 aliphatic carbocycles. The Bertz CT molecular complexity index is 754. The normalized spacial score (nSPS) is 11.3. The minimum Gasteiger partial charge on any atom is -0.507 e. The van der Waals surface area contributed by atoms with Crippen LogP contribution in [-0.4, -0.2) is 53.1 Å². The van der Waals surface area contributed by atoms with E-state index in [1.165, 1.54) is 11.8 Å². The molecule has 7 nitrogen and oxygen atoms in total. The van der Waals surface area contributed by atoms with Crippen molar-refractivity contribution in [2.24, 2.45) is 12.0 Å². The van der Waals surface area contributed by atoms with E-state index in [1.54, 1.807) is 18.2 Å². The number of amides is 1. The van der Waals surface area contributed by atoms with Crippen molar-refractivity contribution in [3.63, 3.8) is 0 Å². The number of para-hydroxylation sites is 1. The Balaban J connectivity index is 1.89. The zero-order chi connectivity index (χ0) is 18.9. The van der Waals surface area contributed by atoms with Crippen LogP contribution in [0.3, 0.4) is 0 Å². The molecule has 3 N–H and O–H groups in total. The van der Waals surface area contributed by atoms with Crippen LogP contribution in [0.15, 0.2) is 47.6 Å². The van der Waals surface area contributed by atoms with E-state index in [-0.39, 0.29) is 17.2 Å². The quantitative estimate of drug-likeness (QED) is 0.399. The molecule has 0 atom stereocenters. The standard InChI is InChI=1S/C19H27N5O2/c1-4-20-19(24(3)14-15-8-7-13-23(15)2)22-12-11-21-18(26)16-9-5-6-10-17(16)25/h5-10,13,25H,4,11-12,14H2,1-3H3,(H,20,22)(H,21,26). The molecule has 0 aliphatic rings. The SMILES string of the molecule is CCNC(=NCCNC(=O)c1ccccc1O)N(C)Cc1cccn1C. The van der Waals surface area contributed by atoms with Crippen molar-refractivity contribution in [3.8, 4) is 5.75 Å². The average molecular weight is 357 g/mol. The molecule has 1 aromatic carbocycles. The van der Waals surface area contributed by atoms with Crippen LogP contribution < -0.4 is 10.6 Å². The summed E-state index contributed by atoms with van der Waals surface area (Å²) in [5.41, 5.74) is 1.45. The van der Waals surface area contributed by atoms with E-state index < -0.39 is 0 Å². The molecule has 0 unspecified atom stereocenters. The van der Waals surface area contributed by atoms with Gasteiger partial charge in [0.05, 0.1) is 18.7 Å². The molecule has 1 aromatic heterocycles. The number of aryl methyl sites for hydroxylation is 1. The van der Waals surface area contributed by atoms with Gasteiger partial charge in [0, 0.05) is 39.1 Å². The van der Waals surface area contributed by atoms with Crippen molar-refractivity contribution < 1.29 is 9.90 Å². The van der Waals surface area contributed by atoms with Crippen LogP contribution in [-0.2, 0) is 13.6 Å². The lowest BCUT2D eigenvalue weighted by molar-refractivity contribution is 0.0952. The Morgan fingerprint density at radius 2 is 2.00 bits per heavy atom. The van der Waals surface area contributed by atoms with Gasteiger partial charge >= 0.3 is 0 Å². The van der Waals surface area contributed by atoms with Gasteiger partial charge < -0.3 is 25.2 Å². The zero-order valence-corrected chi connectivity index (χ0v) is 15.6. The summed E-state index contributed by atoms with van der Waals surface area (Å²) >= 11 is 0. The topological polar surface area (TPSA) is 81.9 Å². The second-order valence-electron chi connectivity index (χ2n) is 5.98. The molecular formula is C19H27N5O2. The highest BCUT2D eigenvalue weighted by Gasteiger charge is 2.10. The highest BCUT2D eigenvalue weighted by Crippen LogP contribution is 2.14. The van der Waals surface area contributed by atoms with Crippen molar-refractivity contribution in [1.29, 1.82) is 0 Å². The number of nitrogens with zero attached hydrogens (tertiary/aromatic N) is 3. The third kappa shape index (κ3) is 5.27. The van der Waals surface area contributed by atoms with Crippen LogP contribution in [0, 0.1) is 0 Å². The van der Waals surface area contributed by atoms with E-state index in [9.17, 15) is 9.90 Å². The van der Waals surface area contributed by atoms with Crippen LogP contribution in [0.4, 0.5) is 0 Å². The molecule has 2 aromatic rings. The summed E-state index contributed by atoms with van der Waals surface area (Å²) in [4.78, 5) is 18.7. The number of aliphatic imine (C=N–C) groups is 1. The molecule has 0 aliphatic heterocycles. The van der Waals surface area contributed by atoms with Crippen molar-refractivity contribution in [2.75, 3.05) is 26.7 Å². The maximum atomic E-state index is 12.1. The van der Waals surface area contributed by atoms with Crippen LogP contribution in [0.5, 0.6) is 5.75 Å². The number of carbonyl (C=O) groups is 1. The summed E-state index contributed by atoms with van der Waals surface area (Å²) < 4.78 is 2.08. The van der Waals surface area contributed by atoms with Crippen LogP contribution in [0.1, 0.15) is 23.0 Å². The lowest BCUT2D eigenvalue weighted by Gasteiger charge is -2.22. The van der Waals surface area contributed by atoms with Crippen molar-refractivity contribution in [1.82, 2.24) is 20.1 Å². The Morgan fingerprint density at radius 1 is 1.23 bits per heavy atom. The summed E-state index contributed by atoms with van der Waals surface area (Å²) in [6.45, 7) is 4.35. The first-order valence-electron chi connectivity index (χ1n) is 8.68. The number of aromatic hydroxyl groups is 1. The van der Waals surface area contributed by atoms with Gasteiger partial charge in [0.1, 0.15) is 5.75 Å². The van der Waals surface area contributed by atoms with E-state index in [0.717, 1.165) is 19.0 Å². The second kappa shape index (κ2) is 9.50. The van der Waals surface area contributed by atoms with E-state index in [0.29, 0.717) is 13.1 Å². The van der Waals surface area contributed by atoms with Gasteiger partial charge in [0.25, 0.3) is 5.91 Å². The fraction of sp³-hybridized carbons (Fsp3) is 0.368. The molecule has 2 rings (SSSR count). The van der Waals surface area contributed by atoms with Crippen molar-refractivity contribution >= 4 is 11.9 Å². The molecule has 1 amide bonds. The van der Waals surface area contributed by atoms with Crippen LogP contribution in [0.25, 0.3) is 0 Å². The van der Waals surface area contributed by atoms with Gasteiger partial charge in [-0.3, -0.25) is 9.79 Å². The first kappa shape index (κ1) is 19.4. The number of benzene rings is 1. The Hall–Kier alpha value is -2.96. The largest absolute Gasteiger partial charge is 0.507 e. The third-order valence-electron chi connectivity index (χ3n) is 3.95. The fourth-order valence-corrected chi connectivity index (χ4v) is 2.54. The first-order chi connectivity index (χ1) is 12.5. The Labute approximate surface area is 154 Å². The van der Waals surface area contributed by atoms with E-state index in [2.05, 4.69) is 26.3 Å². The second-order valence-corrected chi connectivity index (χ2v) is 5.98. The third-order valence-corrected chi connectivity index (χ3v) is 3.95. The molecule has 0 saturated carbocycles. The summed E-state index contributed by atoms with van der Waals surface area (Å²) in [5, 5.41) is 15.7. The van der Waals surface area contributed by atoms with Gasteiger partial charge in [0.2, 0.25) is 0 Å². The lowest BCUT2D eigenvalue weighted by Crippen LogP contribution is -2.39. The number of phenols is 1. The van der Waals surface area contributed by atoms with E-state index in [4.69, 9.17) is 0 Å². The number of carbonyl (C=O) groups excluding carboxylic acids is 1. The highest BCUT2D eigenvalue weighted by molar-refractivity contribution is 5.96. The lowest BCUT2D eigenvalue weighted by atomic mass is 10.2. The molecule has 0 bridgehead atoms. The average Bonchev–Trinajstić information content (AvgIpc) is 3.02. The number of guanidine groups is 1. The minimum absolute atomic E-state index is 0.0239. The van der Waals surface area contributed by atoms with Gasteiger partial charge in [-0.25, -0.2) is 0 Å². The summed E-state index contributed by atoms with van der Waals surface area (Å²) in [7, 11) is 4.00. The predicted octanol–water partition coefficient (Wildman–Crippen LogP) is 1.56. The molecule has 26 heavy (non-hydrogen) atoms. The number of rotatable bonds is 7. The van der Waals surface area contributed by atoms with E-state index in [1.807, 2.05) is 38.2 Å². The maximum Gasteiger partial charge on any atom is 0.255 e. The van der Waals surface area contributed by atoms with Gasteiger partial charge in [-0.1, -0.05) is 12.1 Å². The number of phenolic OH excluding ortho intramolecular Hbond substituents is 1. The van der Waals surface area contributed by atoms with Gasteiger partial charge in [-0.15, -0.1) is 0 Å². The number of aromatic nitrogens is 1. The van der Waals surface area contributed by atoms with Crippen molar-refractivity contribution in [2.45, 2.75) is 13.5 Å². The highest BCUT2D eigenvalue weighted by atomic mass is 16.3. The summed E-state index contributed by atoms with van der Waals surface area (Å²) in [6, 6.07) is 10.6. The van der Waals surface area contributed by atoms with E-state index >= 15 is 0 Å². The molecule has 140 valence electrons. The number of hydrogen-bond acceptors (Lipinski definition) is 3. The molecule has 1 heterocycles. The predicted molar refractivity (Wildman–Crippen MR) is 103 cm³/mol. The zero-order valence-electron chi connectivity index (χ0n) is 15.6. The minimum atomic E-state index is -0.305. The van der Waals surface area contributed by atoms with Gasteiger partial charge in [-0.2, -0.15) is 0 Å².